The first-order chi connectivity index (χ1) is 9.36. The zero-order valence-corrected chi connectivity index (χ0v) is 12.7. The van der Waals surface area contributed by atoms with E-state index in [1.165, 1.54) is 12.1 Å². The SMILES string of the molecule is CCNCc1ccc(F)cc1S(=O)(=O)NCC1(C)CC1. The molecule has 2 N–H and O–H groups in total. The van der Waals surface area contributed by atoms with Crippen molar-refractivity contribution in [2.45, 2.75) is 38.1 Å². The van der Waals surface area contributed by atoms with E-state index in [2.05, 4.69) is 10.0 Å². The molecule has 1 fully saturated rings. The van der Waals surface area contributed by atoms with Gasteiger partial charge < -0.3 is 5.32 Å². The second kappa shape index (κ2) is 5.79. The fourth-order valence-electron chi connectivity index (χ4n) is 1.92. The van der Waals surface area contributed by atoms with Crippen LogP contribution in [0.15, 0.2) is 23.1 Å². The maximum atomic E-state index is 13.4. The van der Waals surface area contributed by atoms with Gasteiger partial charge in [-0.1, -0.05) is 19.9 Å². The minimum atomic E-state index is -3.67. The van der Waals surface area contributed by atoms with E-state index in [1.54, 1.807) is 0 Å². The molecule has 0 amide bonds. The van der Waals surface area contributed by atoms with Gasteiger partial charge >= 0.3 is 0 Å². The molecule has 0 heterocycles. The van der Waals surface area contributed by atoms with Crippen LogP contribution >= 0.6 is 0 Å². The first kappa shape index (κ1) is 15.4. The van der Waals surface area contributed by atoms with E-state index in [0.717, 1.165) is 25.5 Å². The maximum Gasteiger partial charge on any atom is 0.241 e. The smallest absolute Gasteiger partial charge is 0.241 e. The zero-order valence-electron chi connectivity index (χ0n) is 11.9. The van der Waals surface area contributed by atoms with Crippen LogP contribution in [0.5, 0.6) is 0 Å². The molecule has 0 atom stereocenters. The molecule has 1 aliphatic carbocycles. The van der Waals surface area contributed by atoms with Crippen LogP contribution in [0, 0.1) is 11.2 Å². The standard InChI is InChI=1S/C14H21FN2O2S/c1-3-16-9-11-4-5-12(15)8-13(11)20(18,19)17-10-14(2)6-7-14/h4-5,8,16-17H,3,6-7,9-10H2,1-2H3. The number of rotatable bonds is 7. The fourth-order valence-corrected chi connectivity index (χ4v) is 3.37. The van der Waals surface area contributed by atoms with Gasteiger partial charge in [0.15, 0.2) is 0 Å². The van der Waals surface area contributed by atoms with Crippen LogP contribution in [-0.2, 0) is 16.6 Å². The Morgan fingerprint density at radius 3 is 2.65 bits per heavy atom. The first-order valence-electron chi connectivity index (χ1n) is 6.85. The van der Waals surface area contributed by atoms with Gasteiger partial charge in [0.05, 0.1) is 4.90 Å². The Balaban J connectivity index is 2.21. The largest absolute Gasteiger partial charge is 0.313 e. The highest BCUT2D eigenvalue weighted by Crippen LogP contribution is 2.44. The maximum absolute atomic E-state index is 13.4. The fraction of sp³-hybridized carbons (Fsp3) is 0.571. The molecular formula is C14H21FN2O2S. The number of benzene rings is 1. The normalized spacial score (nSPS) is 17.1. The molecule has 0 radical (unpaired) electrons. The lowest BCUT2D eigenvalue weighted by Gasteiger charge is -2.14. The minimum absolute atomic E-state index is 0.0303. The molecule has 0 spiro atoms. The Morgan fingerprint density at radius 2 is 2.05 bits per heavy atom. The van der Waals surface area contributed by atoms with E-state index >= 15 is 0 Å². The van der Waals surface area contributed by atoms with E-state index in [0.29, 0.717) is 18.7 Å². The van der Waals surface area contributed by atoms with Crippen LogP contribution in [0.3, 0.4) is 0 Å². The van der Waals surface area contributed by atoms with Gasteiger partial charge in [0.1, 0.15) is 5.82 Å². The average molecular weight is 300 g/mol. The molecule has 0 unspecified atom stereocenters. The summed E-state index contributed by atoms with van der Waals surface area (Å²) in [4.78, 5) is 0.0303. The van der Waals surface area contributed by atoms with Gasteiger partial charge in [-0.15, -0.1) is 0 Å². The number of halogens is 1. The molecule has 4 nitrogen and oxygen atoms in total. The van der Waals surface area contributed by atoms with Crippen LogP contribution < -0.4 is 10.0 Å². The van der Waals surface area contributed by atoms with E-state index in [4.69, 9.17) is 0 Å². The van der Waals surface area contributed by atoms with Gasteiger partial charge in [-0.2, -0.15) is 0 Å². The van der Waals surface area contributed by atoms with E-state index in [1.807, 2.05) is 13.8 Å². The molecule has 1 saturated carbocycles. The molecule has 20 heavy (non-hydrogen) atoms. The van der Waals surface area contributed by atoms with Crippen molar-refractivity contribution in [3.63, 3.8) is 0 Å². The quantitative estimate of drug-likeness (QED) is 0.810. The third-order valence-electron chi connectivity index (χ3n) is 3.68. The van der Waals surface area contributed by atoms with Crippen molar-refractivity contribution in [3.8, 4) is 0 Å². The summed E-state index contributed by atoms with van der Waals surface area (Å²) in [6.07, 6.45) is 2.06. The number of hydrogen-bond donors (Lipinski definition) is 2. The Labute approximate surface area is 119 Å². The van der Waals surface area contributed by atoms with E-state index < -0.39 is 15.8 Å². The van der Waals surface area contributed by atoms with E-state index in [9.17, 15) is 12.8 Å². The summed E-state index contributed by atoms with van der Waals surface area (Å²) in [5, 5.41) is 3.07. The van der Waals surface area contributed by atoms with Gasteiger partial charge in [-0.05, 0) is 42.5 Å². The van der Waals surface area contributed by atoms with Crippen molar-refractivity contribution in [3.05, 3.63) is 29.6 Å². The third kappa shape index (κ3) is 3.77. The molecule has 1 aromatic rings. The second-order valence-corrected chi connectivity index (χ2v) is 7.40. The molecule has 112 valence electrons. The van der Waals surface area contributed by atoms with E-state index in [-0.39, 0.29) is 10.3 Å². The summed E-state index contributed by atoms with van der Waals surface area (Å²) in [5.74, 6) is -0.539. The van der Waals surface area contributed by atoms with Crippen molar-refractivity contribution < 1.29 is 12.8 Å². The van der Waals surface area contributed by atoms with Crippen LogP contribution in [0.25, 0.3) is 0 Å². The molecule has 0 aromatic heterocycles. The van der Waals surface area contributed by atoms with Gasteiger partial charge in [0.2, 0.25) is 10.0 Å². The number of hydrogen-bond acceptors (Lipinski definition) is 3. The lowest BCUT2D eigenvalue weighted by Crippen LogP contribution is -2.30. The third-order valence-corrected chi connectivity index (χ3v) is 5.16. The molecule has 1 aromatic carbocycles. The van der Waals surface area contributed by atoms with Crippen LogP contribution in [-0.4, -0.2) is 21.5 Å². The summed E-state index contributed by atoms with van der Waals surface area (Å²) in [6.45, 7) is 5.52. The van der Waals surface area contributed by atoms with Gasteiger partial charge in [-0.3, -0.25) is 0 Å². The lowest BCUT2D eigenvalue weighted by molar-refractivity contribution is 0.528. The van der Waals surface area contributed by atoms with Crippen molar-refractivity contribution in [1.29, 1.82) is 0 Å². The van der Waals surface area contributed by atoms with Gasteiger partial charge in [-0.25, -0.2) is 17.5 Å². The average Bonchev–Trinajstić information content (AvgIpc) is 3.14. The van der Waals surface area contributed by atoms with Crippen molar-refractivity contribution >= 4 is 10.0 Å². The second-order valence-electron chi connectivity index (χ2n) is 5.67. The van der Waals surface area contributed by atoms with Crippen molar-refractivity contribution in [1.82, 2.24) is 10.0 Å². The van der Waals surface area contributed by atoms with Crippen molar-refractivity contribution in [2.75, 3.05) is 13.1 Å². The van der Waals surface area contributed by atoms with Gasteiger partial charge in [0.25, 0.3) is 0 Å². The van der Waals surface area contributed by atoms with Crippen LogP contribution in [0.1, 0.15) is 32.3 Å². The summed E-state index contributed by atoms with van der Waals surface area (Å²) < 4.78 is 40.6. The molecule has 6 heteroatoms. The van der Waals surface area contributed by atoms with Crippen LogP contribution in [0.4, 0.5) is 4.39 Å². The first-order valence-corrected chi connectivity index (χ1v) is 8.33. The molecule has 2 rings (SSSR count). The Kier molecular flexibility index (Phi) is 4.46. The highest BCUT2D eigenvalue weighted by Gasteiger charge is 2.38. The molecule has 0 bridgehead atoms. The topological polar surface area (TPSA) is 58.2 Å². The predicted molar refractivity (Wildman–Crippen MR) is 76.3 cm³/mol. The Bertz CT molecular complexity index is 583. The molecular weight excluding hydrogens is 279 g/mol. The highest BCUT2D eigenvalue weighted by atomic mass is 32.2. The summed E-state index contributed by atoms with van der Waals surface area (Å²) in [7, 11) is -3.67. The molecule has 0 saturated heterocycles. The molecule has 1 aliphatic rings. The predicted octanol–water partition coefficient (Wildman–Crippen LogP) is 2.01. The van der Waals surface area contributed by atoms with Crippen molar-refractivity contribution in [2.24, 2.45) is 5.41 Å². The van der Waals surface area contributed by atoms with Gasteiger partial charge in [0, 0.05) is 13.1 Å². The zero-order chi connectivity index (χ0) is 14.8. The molecule has 0 aliphatic heterocycles. The summed E-state index contributed by atoms with van der Waals surface area (Å²) in [6, 6.07) is 3.89. The summed E-state index contributed by atoms with van der Waals surface area (Å²) in [5.41, 5.74) is 0.657. The summed E-state index contributed by atoms with van der Waals surface area (Å²) >= 11 is 0. The Hall–Kier alpha value is -0.980. The minimum Gasteiger partial charge on any atom is -0.313 e. The number of sulfonamides is 1. The highest BCUT2D eigenvalue weighted by molar-refractivity contribution is 7.89. The monoisotopic (exact) mass is 300 g/mol. The number of nitrogens with one attached hydrogen (secondary N) is 2. The Morgan fingerprint density at radius 1 is 1.35 bits per heavy atom. The lowest BCUT2D eigenvalue weighted by atomic mass is 10.2. The van der Waals surface area contributed by atoms with Crippen LogP contribution in [0.2, 0.25) is 0 Å².